The number of aromatic hydroxyl groups is 1. The highest BCUT2D eigenvalue weighted by Crippen LogP contribution is 2.41. The Balaban J connectivity index is 1.65. The van der Waals surface area contributed by atoms with Crippen molar-refractivity contribution in [1.29, 1.82) is 0 Å². The predicted molar refractivity (Wildman–Crippen MR) is 125 cm³/mol. The van der Waals surface area contributed by atoms with Gasteiger partial charge in [0.05, 0.1) is 14.2 Å². The zero-order valence-corrected chi connectivity index (χ0v) is 18.7. The number of halogens is 1. The number of aromatic nitrogens is 2. The number of methoxy groups -OCH3 is 2. The van der Waals surface area contributed by atoms with Gasteiger partial charge in [-0.15, -0.1) is 0 Å². The van der Waals surface area contributed by atoms with Crippen molar-refractivity contribution in [1.82, 2.24) is 10.2 Å². The molecular formula is C25H23ClN2O4. The number of phenolic OH excluding ortho intramolecular Hbond substituents is 1. The van der Waals surface area contributed by atoms with E-state index in [1.165, 1.54) is 0 Å². The molecule has 1 heterocycles. The highest BCUT2D eigenvalue weighted by Gasteiger charge is 2.19. The third-order valence-electron chi connectivity index (χ3n) is 5.20. The minimum Gasteiger partial charge on any atom is -0.507 e. The summed E-state index contributed by atoms with van der Waals surface area (Å²) < 4.78 is 16.6. The van der Waals surface area contributed by atoms with Crippen LogP contribution in [-0.2, 0) is 6.61 Å². The van der Waals surface area contributed by atoms with Gasteiger partial charge in [0, 0.05) is 33.5 Å². The third-order valence-corrected chi connectivity index (χ3v) is 5.56. The zero-order valence-electron chi connectivity index (χ0n) is 18.0. The maximum absolute atomic E-state index is 10.8. The van der Waals surface area contributed by atoms with Crippen LogP contribution in [-0.4, -0.2) is 29.5 Å². The summed E-state index contributed by atoms with van der Waals surface area (Å²) in [6.07, 6.45) is 0. The number of H-pyrrole nitrogens is 1. The van der Waals surface area contributed by atoms with Crippen LogP contribution in [0.4, 0.5) is 0 Å². The van der Waals surface area contributed by atoms with Gasteiger partial charge in [-0.25, -0.2) is 0 Å². The van der Waals surface area contributed by atoms with Gasteiger partial charge in [0.1, 0.15) is 23.8 Å². The Morgan fingerprint density at radius 2 is 1.75 bits per heavy atom. The van der Waals surface area contributed by atoms with Gasteiger partial charge in [0.2, 0.25) is 0 Å². The molecule has 0 aliphatic carbocycles. The van der Waals surface area contributed by atoms with Gasteiger partial charge in [0.25, 0.3) is 0 Å². The minimum absolute atomic E-state index is 0.0647. The van der Waals surface area contributed by atoms with Crippen molar-refractivity contribution in [3.8, 4) is 45.4 Å². The number of phenols is 1. The fourth-order valence-electron chi connectivity index (χ4n) is 3.55. The highest BCUT2D eigenvalue weighted by molar-refractivity contribution is 6.31. The molecule has 0 radical (unpaired) electrons. The molecule has 7 heteroatoms. The van der Waals surface area contributed by atoms with E-state index in [0.717, 1.165) is 22.4 Å². The van der Waals surface area contributed by atoms with Gasteiger partial charge < -0.3 is 19.3 Å². The molecule has 0 aliphatic rings. The van der Waals surface area contributed by atoms with Crippen molar-refractivity contribution in [2.75, 3.05) is 14.2 Å². The lowest BCUT2D eigenvalue weighted by atomic mass is 9.98. The van der Waals surface area contributed by atoms with Crippen LogP contribution in [0.15, 0.2) is 60.7 Å². The van der Waals surface area contributed by atoms with E-state index in [0.29, 0.717) is 40.1 Å². The minimum atomic E-state index is 0.0647. The molecule has 3 aromatic carbocycles. The van der Waals surface area contributed by atoms with Crippen LogP contribution in [0.5, 0.6) is 23.0 Å². The van der Waals surface area contributed by atoms with Gasteiger partial charge in [-0.05, 0) is 42.8 Å². The Morgan fingerprint density at radius 1 is 0.969 bits per heavy atom. The molecule has 0 saturated heterocycles. The van der Waals surface area contributed by atoms with Crippen molar-refractivity contribution in [3.05, 3.63) is 76.9 Å². The van der Waals surface area contributed by atoms with Crippen molar-refractivity contribution >= 4 is 11.6 Å². The van der Waals surface area contributed by atoms with Crippen molar-refractivity contribution in [2.45, 2.75) is 13.5 Å². The van der Waals surface area contributed by atoms with E-state index in [9.17, 15) is 5.11 Å². The average Bonchev–Trinajstić information content (AvgIpc) is 3.19. The molecule has 0 aliphatic heterocycles. The summed E-state index contributed by atoms with van der Waals surface area (Å²) in [7, 11) is 3.19. The molecule has 164 valence electrons. The van der Waals surface area contributed by atoms with Gasteiger partial charge in [-0.1, -0.05) is 35.9 Å². The third kappa shape index (κ3) is 4.22. The molecule has 4 aromatic rings. The van der Waals surface area contributed by atoms with Gasteiger partial charge in [-0.3, -0.25) is 5.10 Å². The lowest BCUT2D eigenvalue weighted by Gasteiger charge is -2.12. The summed E-state index contributed by atoms with van der Waals surface area (Å²) >= 11 is 6.19. The van der Waals surface area contributed by atoms with Crippen molar-refractivity contribution < 1.29 is 19.3 Å². The molecule has 4 rings (SSSR count). The summed E-state index contributed by atoms with van der Waals surface area (Å²) in [6.45, 7) is 2.23. The summed E-state index contributed by atoms with van der Waals surface area (Å²) in [5.74, 6) is 1.85. The summed E-state index contributed by atoms with van der Waals surface area (Å²) in [5, 5.41) is 18.9. The molecular weight excluding hydrogens is 428 g/mol. The largest absolute Gasteiger partial charge is 0.507 e. The molecule has 0 bridgehead atoms. The maximum atomic E-state index is 10.8. The zero-order chi connectivity index (χ0) is 22.7. The molecule has 1 aromatic heterocycles. The molecule has 0 fully saturated rings. The second-order valence-electron chi connectivity index (χ2n) is 7.20. The Hall–Kier alpha value is -3.64. The van der Waals surface area contributed by atoms with E-state index >= 15 is 0 Å². The lowest BCUT2D eigenvalue weighted by Crippen LogP contribution is -1.96. The first-order chi connectivity index (χ1) is 15.5. The Bertz CT molecular complexity index is 1250. The topological polar surface area (TPSA) is 76.6 Å². The molecule has 0 atom stereocenters. The van der Waals surface area contributed by atoms with E-state index in [2.05, 4.69) is 10.2 Å². The van der Waals surface area contributed by atoms with Crippen LogP contribution < -0.4 is 14.2 Å². The average molecular weight is 451 g/mol. The van der Waals surface area contributed by atoms with Crippen molar-refractivity contribution in [2.24, 2.45) is 0 Å². The monoisotopic (exact) mass is 450 g/mol. The van der Waals surface area contributed by atoms with Crippen LogP contribution in [0.3, 0.4) is 0 Å². The van der Waals surface area contributed by atoms with Gasteiger partial charge >= 0.3 is 0 Å². The highest BCUT2D eigenvalue weighted by atomic mass is 35.5. The number of ether oxygens (including phenoxy) is 3. The number of aromatic amines is 1. The van der Waals surface area contributed by atoms with E-state index in [4.69, 9.17) is 25.8 Å². The van der Waals surface area contributed by atoms with Crippen LogP contribution in [0, 0.1) is 6.92 Å². The van der Waals surface area contributed by atoms with Crippen LogP contribution in [0.2, 0.25) is 5.02 Å². The van der Waals surface area contributed by atoms with Crippen LogP contribution in [0.25, 0.3) is 22.4 Å². The number of rotatable bonds is 7. The second-order valence-corrected chi connectivity index (χ2v) is 7.61. The molecule has 2 N–H and O–H groups in total. The Kier molecular flexibility index (Phi) is 6.23. The Labute approximate surface area is 191 Å². The molecule has 0 saturated carbocycles. The second kappa shape index (κ2) is 9.24. The number of nitrogens with one attached hydrogen (secondary N) is 1. The van der Waals surface area contributed by atoms with E-state index in [-0.39, 0.29) is 5.75 Å². The summed E-state index contributed by atoms with van der Waals surface area (Å²) in [5.41, 5.74) is 4.71. The number of nitrogens with zero attached hydrogens (tertiary/aromatic N) is 1. The number of hydrogen-bond acceptors (Lipinski definition) is 5. The fourth-order valence-corrected chi connectivity index (χ4v) is 3.74. The smallest absolute Gasteiger partial charge is 0.161 e. The fraction of sp³-hybridized carbons (Fsp3) is 0.160. The maximum Gasteiger partial charge on any atom is 0.161 e. The molecule has 0 unspecified atom stereocenters. The number of aryl methyl sites for hydroxylation is 1. The van der Waals surface area contributed by atoms with Crippen LogP contribution >= 0.6 is 11.6 Å². The van der Waals surface area contributed by atoms with Gasteiger partial charge in [-0.2, -0.15) is 5.10 Å². The van der Waals surface area contributed by atoms with Crippen molar-refractivity contribution in [3.63, 3.8) is 0 Å². The SMILES string of the molecule is COc1ccc(-c2c(-c3ccc(OCc4ccccc4Cl)cc3O)n[nH]c2C)cc1OC. The predicted octanol–water partition coefficient (Wildman–Crippen LogP) is 6.01. The molecule has 32 heavy (non-hydrogen) atoms. The quantitative estimate of drug-likeness (QED) is 0.360. The number of benzene rings is 3. The first kappa shape index (κ1) is 21.6. The van der Waals surface area contributed by atoms with Crippen LogP contribution in [0.1, 0.15) is 11.3 Å². The Morgan fingerprint density at radius 3 is 2.47 bits per heavy atom. The molecule has 0 amide bonds. The molecule has 0 spiro atoms. The van der Waals surface area contributed by atoms with E-state index < -0.39 is 0 Å². The summed E-state index contributed by atoms with van der Waals surface area (Å²) in [4.78, 5) is 0. The lowest BCUT2D eigenvalue weighted by molar-refractivity contribution is 0.304. The van der Waals surface area contributed by atoms with E-state index in [1.807, 2.05) is 49.4 Å². The number of hydrogen-bond donors (Lipinski definition) is 2. The normalized spacial score (nSPS) is 10.8. The van der Waals surface area contributed by atoms with Gasteiger partial charge in [0.15, 0.2) is 11.5 Å². The molecule has 6 nitrogen and oxygen atoms in total. The first-order valence-electron chi connectivity index (χ1n) is 9.98. The summed E-state index contributed by atoms with van der Waals surface area (Å²) in [6, 6.07) is 18.3. The standard InChI is InChI=1S/C25H23ClN2O4/c1-15-24(16-8-11-22(30-2)23(12-16)31-3)25(28-27-15)19-10-9-18(13-21(19)29)32-14-17-6-4-5-7-20(17)26/h4-13,29H,14H2,1-3H3,(H,27,28). The van der Waals surface area contributed by atoms with E-state index in [1.54, 1.807) is 32.4 Å². The first-order valence-corrected chi connectivity index (χ1v) is 10.4.